The minimum Gasteiger partial charge on any atom is -0.261 e. The summed E-state index contributed by atoms with van der Waals surface area (Å²) in [5.74, 6) is 0.694. The molecule has 6 heteroatoms. The summed E-state index contributed by atoms with van der Waals surface area (Å²) in [7, 11) is 1.81. The molecule has 0 bridgehead atoms. The highest BCUT2D eigenvalue weighted by Gasteiger charge is 2.07. The number of aromatic nitrogens is 5. The fourth-order valence-corrected chi connectivity index (χ4v) is 1.40. The lowest BCUT2D eigenvalue weighted by Gasteiger charge is -1.95. The summed E-state index contributed by atoms with van der Waals surface area (Å²) in [6.07, 6.45) is 4.89. The predicted octanol–water partition coefficient (Wildman–Crippen LogP) is 1.03. The average molecular weight is 240 g/mol. The second-order valence-electron chi connectivity index (χ2n) is 2.42. The molecule has 2 heterocycles. The van der Waals surface area contributed by atoms with E-state index in [0.29, 0.717) is 16.3 Å². The van der Waals surface area contributed by atoms with Crippen LogP contribution >= 0.6 is 15.9 Å². The first-order chi connectivity index (χ1) is 6.27. The van der Waals surface area contributed by atoms with E-state index >= 15 is 0 Å². The second kappa shape index (κ2) is 3.21. The number of rotatable bonds is 1. The van der Waals surface area contributed by atoms with Gasteiger partial charge in [-0.3, -0.25) is 4.98 Å². The molecule has 0 saturated carbocycles. The molecule has 66 valence electrons. The van der Waals surface area contributed by atoms with Crippen molar-refractivity contribution in [2.45, 2.75) is 0 Å². The molecule has 2 rings (SSSR count). The first-order valence-electron chi connectivity index (χ1n) is 3.60. The van der Waals surface area contributed by atoms with E-state index in [1.165, 1.54) is 0 Å². The van der Waals surface area contributed by atoms with E-state index in [-0.39, 0.29) is 0 Å². The van der Waals surface area contributed by atoms with Crippen LogP contribution in [0.3, 0.4) is 0 Å². The Hall–Kier alpha value is -1.30. The highest BCUT2D eigenvalue weighted by Crippen LogP contribution is 2.13. The third-order valence-electron chi connectivity index (χ3n) is 1.53. The lowest BCUT2D eigenvalue weighted by Crippen LogP contribution is -1.96. The summed E-state index contributed by atoms with van der Waals surface area (Å²) in [5.41, 5.74) is 0.711. The van der Waals surface area contributed by atoms with Gasteiger partial charge in [0.05, 0.1) is 6.20 Å². The van der Waals surface area contributed by atoms with Crippen molar-refractivity contribution in [2.24, 2.45) is 7.05 Å². The zero-order chi connectivity index (χ0) is 9.26. The summed E-state index contributed by atoms with van der Waals surface area (Å²) in [5, 5.41) is 4.04. The van der Waals surface area contributed by atoms with Crippen molar-refractivity contribution in [3.05, 3.63) is 23.3 Å². The summed E-state index contributed by atoms with van der Waals surface area (Å²) >= 11 is 3.19. The van der Waals surface area contributed by atoms with Crippen molar-refractivity contribution in [3.8, 4) is 11.5 Å². The monoisotopic (exact) mass is 239 g/mol. The highest BCUT2D eigenvalue weighted by molar-refractivity contribution is 9.10. The van der Waals surface area contributed by atoms with Gasteiger partial charge in [0.1, 0.15) is 5.69 Å². The van der Waals surface area contributed by atoms with E-state index in [1.54, 1.807) is 23.3 Å². The Bertz CT molecular complexity index is 410. The van der Waals surface area contributed by atoms with Crippen LogP contribution in [0, 0.1) is 0 Å². The topological polar surface area (TPSA) is 56.5 Å². The third kappa shape index (κ3) is 1.57. The molecule has 0 fully saturated rings. The lowest BCUT2D eigenvalue weighted by molar-refractivity contribution is 0.765. The Morgan fingerprint density at radius 3 is 2.77 bits per heavy atom. The number of nitrogens with zero attached hydrogens (tertiary/aromatic N) is 5. The summed E-state index contributed by atoms with van der Waals surface area (Å²) in [6, 6.07) is 0. The van der Waals surface area contributed by atoms with Gasteiger partial charge in [-0.15, -0.1) is 5.10 Å². The SMILES string of the molecule is Cn1nc(Br)nc1-c1cnccn1. The first-order valence-corrected chi connectivity index (χ1v) is 4.39. The maximum Gasteiger partial charge on any atom is 0.217 e. The van der Waals surface area contributed by atoms with Crippen molar-refractivity contribution >= 4 is 15.9 Å². The molecular formula is C7H6BrN5. The first kappa shape index (κ1) is 8.31. The fourth-order valence-electron chi connectivity index (χ4n) is 0.991. The largest absolute Gasteiger partial charge is 0.261 e. The zero-order valence-corrected chi connectivity index (χ0v) is 8.43. The summed E-state index contributed by atoms with van der Waals surface area (Å²) < 4.78 is 2.20. The second-order valence-corrected chi connectivity index (χ2v) is 3.13. The van der Waals surface area contributed by atoms with Crippen molar-refractivity contribution in [1.82, 2.24) is 24.7 Å². The molecule has 0 aliphatic heterocycles. The van der Waals surface area contributed by atoms with Crippen molar-refractivity contribution in [1.29, 1.82) is 0 Å². The van der Waals surface area contributed by atoms with Crippen LogP contribution in [-0.4, -0.2) is 24.7 Å². The third-order valence-corrected chi connectivity index (χ3v) is 1.87. The molecule has 0 N–H and O–H groups in total. The Morgan fingerprint density at radius 1 is 1.38 bits per heavy atom. The van der Waals surface area contributed by atoms with E-state index in [1.807, 2.05) is 7.05 Å². The number of halogens is 1. The van der Waals surface area contributed by atoms with E-state index in [9.17, 15) is 0 Å². The molecule has 0 radical (unpaired) electrons. The van der Waals surface area contributed by atoms with E-state index < -0.39 is 0 Å². The van der Waals surface area contributed by atoms with Gasteiger partial charge in [0, 0.05) is 19.4 Å². The van der Waals surface area contributed by atoms with Crippen LogP contribution in [-0.2, 0) is 7.05 Å². The average Bonchev–Trinajstić information content (AvgIpc) is 2.47. The fraction of sp³-hybridized carbons (Fsp3) is 0.143. The maximum atomic E-state index is 4.15. The van der Waals surface area contributed by atoms with Gasteiger partial charge in [0.25, 0.3) is 0 Å². The number of aryl methyl sites for hydroxylation is 1. The molecule has 0 amide bonds. The summed E-state index contributed by atoms with van der Waals surface area (Å²) in [6.45, 7) is 0. The summed E-state index contributed by atoms with van der Waals surface area (Å²) in [4.78, 5) is 12.2. The van der Waals surface area contributed by atoms with Crippen LogP contribution in [0.2, 0.25) is 0 Å². The maximum absolute atomic E-state index is 4.15. The molecule has 0 spiro atoms. The van der Waals surface area contributed by atoms with Crippen LogP contribution < -0.4 is 0 Å². The molecule has 2 aromatic rings. The molecule has 0 aliphatic carbocycles. The molecule has 13 heavy (non-hydrogen) atoms. The molecule has 2 aromatic heterocycles. The van der Waals surface area contributed by atoms with Gasteiger partial charge in [0.2, 0.25) is 4.73 Å². The van der Waals surface area contributed by atoms with E-state index in [4.69, 9.17) is 0 Å². The van der Waals surface area contributed by atoms with Crippen LogP contribution in [0.15, 0.2) is 23.3 Å². The Labute approximate surface area is 83.0 Å². The van der Waals surface area contributed by atoms with E-state index in [2.05, 4.69) is 36.0 Å². The molecule has 0 unspecified atom stereocenters. The zero-order valence-electron chi connectivity index (χ0n) is 6.85. The number of hydrogen-bond donors (Lipinski definition) is 0. The predicted molar refractivity (Wildman–Crippen MR) is 49.7 cm³/mol. The standard InChI is InChI=1S/C7H6BrN5/c1-13-6(11-7(8)12-13)5-4-9-2-3-10-5/h2-4H,1H3. The van der Waals surface area contributed by atoms with E-state index in [0.717, 1.165) is 0 Å². The van der Waals surface area contributed by atoms with Crippen molar-refractivity contribution < 1.29 is 0 Å². The smallest absolute Gasteiger partial charge is 0.217 e. The quantitative estimate of drug-likeness (QED) is 0.747. The highest BCUT2D eigenvalue weighted by atomic mass is 79.9. The van der Waals surface area contributed by atoms with Gasteiger partial charge in [-0.05, 0) is 15.9 Å². The van der Waals surface area contributed by atoms with Gasteiger partial charge < -0.3 is 0 Å². The lowest BCUT2D eigenvalue weighted by atomic mass is 10.4. The van der Waals surface area contributed by atoms with Gasteiger partial charge in [0.15, 0.2) is 5.82 Å². The van der Waals surface area contributed by atoms with Gasteiger partial charge in [-0.1, -0.05) is 0 Å². The van der Waals surface area contributed by atoms with Gasteiger partial charge in [-0.25, -0.2) is 9.67 Å². The number of hydrogen-bond acceptors (Lipinski definition) is 4. The Kier molecular flexibility index (Phi) is 2.05. The normalized spacial score (nSPS) is 10.3. The minimum atomic E-state index is 0.552. The minimum absolute atomic E-state index is 0.552. The van der Waals surface area contributed by atoms with Crippen LogP contribution in [0.25, 0.3) is 11.5 Å². The van der Waals surface area contributed by atoms with Gasteiger partial charge in [-0.2, -0.15) is 4.98 Å². The van der Waals surface area contributed by atoms with Crippen LogP contribution in [0.4, 0.5) is 0 Å². The Balaban J connectivity index is 2.53. The molecule has 0 aromatic carbocycles. The molecule has 5 nitrogen and oxygen atoms in total. The van der Waals surface area contributed by atoms with Crippen molar-refractivity contribution in [2.75, 3.05) is 0 Å². The molecule has 0 saturated heterocycles. The van der Waals surface area contributed by atoms with Gasteiger partial charge >= 0.3 is 0 Å². The Morgan fingerprint density at radius 2 is 2.23 bits per heavy atom. The van der Waals surface area contributed by atoms with Crippen molar-refractivity contribution in [3.63, 3.8) is 0 Å². The molecule has 0 aliphatic rings. The van der Waals surface area contributed by atoms with Crippen LogP contribution in [0.5, 0.6) is 0 Å². The molecular weight excluding hydrogens is 234 g/mol. The van der Waals surface area contributed by atoms with Crippen LogP contribution in [0.1, 0.15) is 0 Å². The molecule has 0 atom stereocenters.